The van der Waals surface area contributed by atoms with Crippen LogP contribution in [0.5, 0.6) is 5.75 Å². The van der Waals surface area contributed by atoms with Crippen LogP contribution >= 0.6 is 15.9 Å². The molecule has 2 rings (SSSR count). The summed E-state index contributed by atoms with van der Waals surface area (Å²) in [4.78, 5) is 0. The first-order valence-electron chi connectivity index (χ1n) is 5.59. The molecule has 2 aromatic rings. The van der Waals surface area contributed by atoms with Crippen LogP contribution in [0.3, 0.4) is 0 Å². The van der Waals surface area contributed by atoms with Gasteiger partial charge in [0.15, 0.2) is 11.6 Å². The number of aryl methyl sites for hydroxylation is 1. The third kappa shape index (κ3) is 3.10. The van der Waals surface area contributed by atoms with E-state index in [9.17, 15) is 18.3 Å². The summed E-state index contributed by atoms with van der Waals surface area (Å²) in [5, 5.41) is 9.20. The number of hydrogen-bond acceptors (Lipinski definition) is 1. The zero-order chi connectivity index (χ0) is 14.0. The number of hydrogen-bond donors (Lipinski definition) is 1. The van der Waals surface area contributed by atoms with Gasteiger partial charge in [-0.05, 0) is 48.7 Å². The second-order valence-corrected chi connectivity index (χ2v) is 5.01. The fourth-order valence-electron chi connectivity index (χ4n) is 1.81. The van der Waals surface area contributed by atoms with Crippen molar-refractivity contribution in [3.63, 3.8) is 0 Å². The Morgan fingerprint density at radius 1 is 0.947 bits per heavy atom. The van der Waals surface area contributed by atoms with E-state index in [1.54, 1.807) is 12.1 Å². The Hall–Kier alpha value is -1.49. The van der Waals surface area contributed by atoms with E-state index >= 15 is 0 Å². The zero-order valence-electron chi connectivity index (χ0n) is 9.76. The van der Waals surface area contributed by atoms with Crippen LogP contribution in [-0.4, -0.2) is 5.11 Å². The van der Waals surface area contributed by atoms with Gasteiger partial charge in [0, 0.05) is 10.0 Å². The summed E-state index contributed by atoms with van der Waals surface area (Å²) in [6.07, 6.45) is 0.113. The lowest BCUT2D eigenvalue weighted by Gasteiger charge is -2.07. The molecule has 1 nitrogen and oxygen atoms in total. The highest BCUT2D eigenvalue weighted by atomic mass is 79.9. The minimum Gasteiger partial charge on any atom is -0.505 e. The van der Waals surface area contributed by atoms with E-state index in [-0.39, 0.29) is 18.4 Å². The summed E-state index contributed by atoms with van der Waals surface area (Å²) in [5.74, 6) is -2.77. The van der Waals surface area contributed by atoms with E-state index in [2.05, 4.69) is 15.9 Å². The second kappa shape index (κ2) is 5.65. The van der Waals surface area contributed by atoms with Gasteiger partial charge >= 0.3 is 0 Å². The van der Waals surface area contributed by atoms with Crippen molar-refractivity contribution in [3.8, 4) is 5.75 Å². The molecule has 0 heterocycles. The third-order valence-corrected chi connectivity index (χ3v) is 3.31. The van der Waals surface area contributed by atoms with Crippen LogP contribution in [0.4, 0.5) is 13.2 Å². The van der Waals surface area contributed by atoms with Gasteiger partial charge in [-0.1, -0.05) is 15.9 Å². The smallest absolute Gasteiger partial charge is 0.170 e. The third-order valence-electron chi connectivity index (χ3n) is 2.82. The molecule has 100 valence electrons. The van der Waals surface area contributed by atoms with Gasteiger partial charge in [0.25, 0.3) is 0 Å². The molecule has 0 aliphatic rings. The van der Waals surface area contributed by atoms with E-state index in [0.29, 0.717) is 10.0 Å². The molecule has 0 saturated heterocycles. The lowest BCUT2D eigenvalue weighted by Crippen LogP contribution is -2.00. The van der Waals surface area contributed by atoms with Crippen molar-refractivity contribution in [3.05, 3.63) is 63.4 Å². The van der Waals surface area contributed by atoms with Crippen molar-refractivity contribution in [1.29, 1.82) is 0 Å². The molecule has 5 heteroatoms. The summed E-state index contributed by atoms with van der Waals surface area (Å²) < 4.78 is 41.2. The first kappa shape index (κ1) is 13.9. The van der Waals surface area contributed by atoms with E-state index in [1.807, 2.05) is 0 Å². The van der Waals surface area contributed by atoms with Crippen LogP contribution in [0.2, 0.25) is 0 Å². The number of benzene rings is 2. The van der Waals surface area contributed by atoms with Crippen LogP contribution in [0.1, 0.15) is 11.1 Å². The van der Waals surface area contributed by atoms with Gasteiger partial charge in [-0.3, -0.25) is 0 Å². The normalized spacial score (nSPS) is 10.7. The lowest BCUT2D eigenvalue weighted by atomic mass is 10.0. The summed E-state index contributed by atoms with van der Waals surface area (Å²) in [5.41, 5.74) is 0.121. The van der Waals surface area contributed by atoms with Crippen LogP contribution in [0.15, 0.2) is 34.8 Å². The minimum atomic E-state index is -0.990. The van der Waals surface area contributed by atoms with Gasteiger partial charge < -0.3 is 5.11 Å². The van der Waals surface area contributed by atoms with Crippen LogP contribution in [-0.2, 0) is 12.8 Å². The predicted octanol–water partition coefficient (Wildman–Crippen LogP) is 4.36. The Labute approximate surface area is 116 Å². The van der Waals surface area contributed by atoms with E-state index in [0.717, 1.165) is 12.1 Å². The predicted molar refractivity (Wildman–Crippen MR) is 69.5 cm³/mol. The van der Waals surface area contributed by atoms with Crippen LogP contribution in [0, 0.1) is 17.5 Å². The summed E-state index contributed by atoms with van der Waals surface area (Å²) >= 11 is 3.21. The number of phenolic OH excluding ortho intramolecular Hbond substituents is 1. The molecule has 0 unspecified atom stereocenters. The van der Waals surface area contributed by atoms with Gasteiger partial charge in [-0.2, -0.15) is 0 Å². The van der Waals surface area contributed by atoms with Crippen molar-refractivity contribution < 1.29 is 18.3 Å². The number of phenols is 1. The Morgan fingerprint density at radius 2 is 1.63 bits per heavy atom. The monoisotopic (exact) mass is 330 g/mol. The fraction of sp³-hybridized carbons (Fsp3) is 0.143. The van der Waals surface area contributed by atoms with Gasteiger partial charge in [-0.25, -0.2) is 13.2 Å². The Balaban J connectivity index is 2.24. The molecule has 0 aliphatic heterocycles. The topological polar surface area (TPSA) is 20.2 Å². The number of halogens is 4. The summed E-state index contributed by atoms with van der Waals surface area (Å²) in [7, 11) is 0. The average molecular weight is 331 g/mol. The molecule has 2 aromatic carbocycles. The SMILES string of the molecule is Oc1ccc(F)c(CCc2cc(Br)ccc2F)c1F. The van der Waals surface area contributed by atoms with Gasteiger partial charge in [0.1, 0.15) is 11.6 Å². The quantitative estimate of drug-likeness (QED) is 0.886. The Morgan fingerprint density at radius 3 is 2.37 bits per heavy atom. The molecule has 19 heavy (non-hydrogen) atoms. The minimum absolute atomic E-state index is 0.0283. The highest BCUT2D eigenvalue weighted by molar-refractivity contribution is 9.10. The maximum Gasteiger partial charge on any atom is 0.170 e. The molecular formula is C14H10BrF3O. The maximum atomic E-state index is 13.6. The van der Waals surface area contributed by atoms with Crippen molar-refractivity contribution in [2.75, 3.05) is 0 Å². The van der Waals surface area contributed by atoms with E-state index in [1.165, 1.54) is 6.07 Å². The molecule has 0 atom stereocenters. The number of rotatable bonds is 3. The summed E-state index contributed by atoms with van der Waals surface area (Å²) in [6.45, 7) is 0. The Bertz CT molecular complexity index is 614. The zero-order valence-corrected chi connectivity index (χ0v) is 11.3. The molecule has 0 fully saturated rings. The largest absolute Gasteiger partial charge is 0.505 e. The van der Waals surface area contributed by atoms with Crippen molar-refractivity contribution in [1.82, 2.24) is 0 Å². The average Bonchev–Trinajstić information content (AvgIpc) is 2.38. The van der Waals surface area contributed by atoms with E-state index < -0.39 is 23.2 Å². The maximum absolute atomic E-state index is 13.6. The van der Waals surface area contributed by atoms with Gasteiger partial charge in [0.05, 0.1) is 0 Å². The fourth-order valence-corrected chi connectivity index (χ4v) is 2.22. The van der Waals surface area contributed by atoms with Crippen molar-refractivity contribution in [2.24, 2.45) is 0 Å². The van der Waals surface area contributed by atoms with Crippen molar-refractivity contribution >= 4 is 15.9 Å². The standard InChI is InChI=1S/C14H10BrF3O/c15-9-2-4-11(16)8(7-9)1-3-10-12(17)5-6-13(19)14(10)18/h2,4-7,19H,1,3H2. The summed E-state index contributed by atoms with van der Waals surface area (Å²) in [6, 6.07) is 6.34. The molecule has 0 amide bonds. The highest BCUT2D eigenvalue weighted by Gasteiger charge is 2.14. The van der Waals surface area contributed by atoms with Crippen LogP contribution in [0.25, 0.3) is 0 Å². The Kier molecular flexibility index (Phi) is 4.14. The lowest BCUT2D eigenvalue weighted by molar-refractivity contribution is 0.421. The molecule has 0 bridgehead atoms. The molecule has 0 aliphatic carbocycles. The second-order valence-electron chi connectivity index (χ2n) is 4.09. The molecule has 1 N–H and O–H groups in total. The molecule has 0 spiro atoms. The highest BCUT2D eigenvalue weighted by Crippen LogP contribution is 2.24. The van der Waals surface area contributed by atoms with Gasteiger partial charge in [0.2, 0.25) is 0 Å². The first-order chi connectivity index (χ1) is 8.99. The molecular weight excluding hydrogens is 321 g/mol. The van der Waals surface area contributed by atoms with E-state index in [4.69, 9.17) is 0 Å². The van der Waals surface area contributed by atoms with Crippen molar-refractivity contribution in [2.45, 2.75) is 12.8 Å². The first-order valence-corrected chi connectivity index (χ1v) is 6.38. The number of aromatic hydroxyl groups is 1. The molecule has 0 saturated carbocycles. The molecule has 0 radical (unpaired) electrons. The molecule has 0 aromatic heterocycles. The van der Waals surface area contributed by atoms with Gasteiger partial charge in [-0.15, -0.1) is 0 Å². The van der Waals surface area contributed by atoms with Crippen LogP contribution < -0.4 is 0 Å².